The average molecular weight is 406 g/mol. The number of rotatable bonds is 6. The van der Waals surface area contributed by atoms with Crippen molar-refractivity contribution in [1.82, 2.24) is 0 Å². The molecule has 0 unspecified atom stereocenters. The molecule has 0 fully saturated rings. The lowest BCUT2D eigenvalue weighted by molar-refractivity contribution is 0.0684. The van der Waals surface area contributed by atoms with Gasteiger partial charge in [0.05, 0.1) is 22.3 Å². The summed E-state index contributed by atoms with van der Waals surface area (Å²) >= 11 is 0. The van der Waals surface area contributed by atoms with Crippen LogP contribution in [0.2, 0.25) is 0 Å². The summed E-state index contributed by atoms with van der Waals surface area (Å²) in [6.45, 7) is 0. The normalized spacial score (nSPS) is 10.1. The second-order valence-electron chi connectivity index (χ2n) is 6.03. The molecule has 3 aromatic carbocycles. The predicted octanol–water partition coefficient (Wildman–Crippen LogP) is 3.52. The molecule has 8 heteroatoms. The molecule has 0 heterocycles. The van der Waals surface area contributed by atoms with E-state index in [1.165, 1.54) is 72.8 Å². The lowest BCUT2D eigenvalue weighted by Gasteiger charge is -2.08. The quantitative estimate of drug-likeness (QED) is 0.470. The van der Waals surface area contributed by atoms with Crippen LogP contribution in [0.1, 0.15) is 41.4 Å². The number of ether oxygens (including phenoxy) is 2. The molecule has 0 atom stereocenters. The second kappa shape index (κ2) is 8.70. The van der Waals surface area contributed by atoms with Gasteiger partial charge in [-0.25, -0.2) is 19.2 Å². The van der Waals surface area contributed by atoms with Crippen molar-refractivity contribution in [2.75, 3.05) is 0 Å². The van der Waals surface area contributed by atoms with Gasteiger partial charge < -0.3 is 19.7 Å². The second-order valence-corrected chi connectivity index (χ2v) is 6.03. The molecule has 0 aliphatic heterocycles. The lowest BCUT2D eigenvalue weighted by atomic mass is 10.1. The summed E-state index contributed by atoms with van der Waals surface area (Å²) in [5.74, 6) is -3.77. The van der Waals surface area contributed by atoms with Crippen LogP contribution in [0, 0.1) is 0 Å². The number of hydrogen-bond acceptors (Lipinski definition) is 6. The molecule has 8 nitrogen and oxygen atoms in total. The predicted molar refractivity (Wildman–Crippen MR) is 103 cm³/mol. The fraction of sp³-hybridized carbons (Fsp3) is 0. The van der Waals surface area contributed by atoms with Crippen LogP contribution in [-0.2, 0) is 0 Å². The van der Waals surface area contributed by atoms with Crippen LogP contribution in [0.4, 0.5) is 0 Å². The van der Waals surface area contributed by atoms with Gasteiger partial charge in [-0.3, -0.25) is 0 Å². The maximum absolute atomic E-state index is 12.3. The summed E-state index contributed by atoms with van der Waals surface area (Å²) in [7, 11) is 0. The number of carboxylic acid groups (broad SMARTS) is 2. The lowest BCUT2D eigenvalue weighted by Crippen LogP contribution is -2.11. The number of hydrogen-bond donors (Lipinski definition) is 2. The molecular weight excluding hydrogens is 392 g/mol. The highest BCUT2D eigenvalue weighted by atomic mass is 16.5. The Labute approximate surface area is 169 Å². The van der Waals surface area contributed by atoms with Crippen molar-refractivity contribution in [2.45, 2.75) is 0 Å². The van der Waals surface area contributed by atoms with E-state index in [-0.39, 0.29) is 33.8 Å². The molecule has 2 N–H and O–H groups in total. The minimum atomic E-state index is -1.18. The molecule has 0 spiro atoms. The van der Waals surface area contributed by atoms with E-state index in [4.69, 9.17) is 19.7 Å². The van der Waals surface area contributed by atoms with E-state index in [0.29, 0.717) is 0 Å². The Balaban J connectivity index is 1.73. The monoisotopic (exact) mass is 406 g/mol. The first kappa shape index (κ1) is 20.3. The maximum atomic E-state index is 12.3. The van der Waals surface area contributed by atoms with E-state index in [2.05, 4.69) is 0 Å². The van der Waals surface area contributed by atoms with E-state index in [1.54, 1.807) is 0 Å². The van der Waals surface area contributed by atoms with E-state index >= 15 is 0 Å². The van der Waals surface area contributed by atoms with E-state index < -0.39 is 23.9 Å². The van der Waals surface area contributed by atoms with Crippen molar-refractivity contribution >= 4 is 23.9 Å². The zero-order valence-corrected chi connectivity index (χ0v) is 15.3. The molecule has 0 bridgehead atoms. The van der Waals surface area contributed by atoms with Gasteiger partial charge in [-0.15, -0.1) is 0 Å². The molecule has 30 heavy (non-hydrogen) atoms. The largest absolute Gasteiger partial charge is 0.478 e. The number of benzene rings is 3. The minimum absolute atomic E-state index is 0.0442. The zero-order valence-electron chi connectivity index (χ0n) is 15.3. The summed E-state index contributed by atoms with van der Waals surface area (Å²) < 4.78 is 10.4. The van der Waals surface area contributed by atoms with Crippen molar-refractivity contribution in [3.8, 4) is 11.5 Å². The molecule has 3 rings (SSSR count). The Kier molecular flexibility index (Phi) is 5.88. The van der Waals surface area contributed by atoms with Gasteiger partial charge >= 0.3 is 23.9 Å². The van der Waals surface area contributed by atoms with Crippen molar-refractivity contribution in [1.29, 1.82) is 0 Å². The van der Waals surface area contributed by atoms with Gasteiger partial charge in [0.25, 0.3) is 0 Å². The van der Waals surface area contributed by atoms with Gasteiger partial charge in [0.15, 0.2) is 0 Å². The Morgan fingerprint density at radius 2 is 0.900 bits per heavy atom. The first-order valence-electron chi connectivity index (χ1n) is 8.54. The molecule has 0 saturated carbocycles. The Morgan fingerprint density at radius 3 is 1.30 bits per heavy atom. The van der Waals surface area contributed by atoms with Crippen molar-refractivity contribution in [3.63, 3.8) is 0 Å². The van der Waals surface area contributed by atoms with Crippen LogP contribution >= 0.6 is 0 Å². The topological polar surface area (TPSA) is 127 Å². The standard InChI is InChI=1S/C22H14O8/c23-19(24)13-4-1-6-15(10-13)21(27)29-17-8-3-9-18(12-17)30-22(28)16-7-2-5-14(11-16)20(25)26/h1-12H,(H,23,24)(H,25,26). The van der Waals surface area contributed by atoms with Gasteiger partial charge in [-0.1, -0.05) is 18.2 Å². The van der Waals surface area contributed by atoms with E-state index in [1.807, 2.05) is 0 Å². The number of esters is 2. The fourth-order valence-electron chi connectivity index (χ4n) is 2.49. The third kappa shape index (κ3) is 4.87. The van der Waals surface area contributed by atoms with Gasteiger partial charge in [0.1, 0.15) is 11.5 Å². The van der Waals surface area contributed by atoms with E-state index in [0.717, 1.165) is 0 Å². The molecule has 0 amide bonds. The highest BCUT2D eigenvalue weighted by Crippen LogP contribution is 2.22. The molecule has 0 radical (unpaired) electrons. The van der Waals surface area contributed by atoms with Crippen LogP contribution in [0.3, 0.4) is 0 Å². The zero-order chi connectivity index (χ0) is 21.7. The first-order chi connectivity index (χ1) is 14.3. The Hall–Kier alpha value is -4.46. The third-order valence-electron chi connectivity index (χ3n) is 3.92. The number of carboxylic acids is 2. The molecule has 3 aromatic rings. The summed E-state index contributed by atoms with van der Waals surface area (Å²) in [4.78, 5) is 46.6. The van der Waals surface area contributed by atoms with Crippen LogP contribution in [-0.4, -0.2) is 34.1 Å². The molecular formula is C22H14O8. The average Bonchev–Trinajstić information content (AvgIpc) is 2.74. The minimum Gasteiger partial charge on any atom is -0.478 e. The van der Waals surface area contributed by atoms with Gasteiger partial charge in [-0.05, 0) is 48.5 Å². The number of aromatic carboxylic acids is 2. The summed E-state index contributed by atoms with van der Waals surface area (Å²) in [6, 6.07) is 16.4. The maximum Gasteiger partial charge on any atom is 0.343 e. The van der Waals surface area contributed by atoms with Gasteiger partial charge in [0.2, 0.25) is 0 Å². The third-order valence-corrected chi connectivity index (χ3v) is 3.92. The highest BCUT2D eigenvalue weighted by Gasteiger charge is 2.14. The molecule has 0 aliphatic carbocycles. The highest BCUT2D eigenvalue weighted by molar-refractivity contribution is 5.96. The molecule has 150 valence electrons. The van der Waals surface area contributed by atoms with Crippen molar-refractivity contribution < 1.29 is 38.9 Å². The van der Waals surface area contributed by atoms with Gasteiger partial charge in [0, 0.05) is 6.07 Å². The first-order valence-corrected chi connectivity index (χ1v) is 8.54. The summed E-state index contributed by atoms with van der Waals surface area (Å²) in [5.41, 5.74) is -0.0305. The smallest absolute Gasteiger partial charge is 0.343 e. The molecule has 0 aromatic heterocycles. The van der Waals surface area contributed by atoms with E-state index in [9.17, 15) is 19.2 Å². The Morgan fingerprint density at radius 1 is 0.533 bits per heavy atom. The van der Waals surface area contributed by atoms with Crippen LogP contribution in [0.15, 0.2) is 72.8 Å². The molecule has 0 saturated heterocycles. The van der Waals surface area contributed by atoms with Crippen molar-refractivity contribution in [3.05, 3.63) is 95.1 Å². The van der Waals surface area contributed by atoms with Gasteiger partial charge in [-0.2, -0.15) is 0 Å². The fourth-order valence-corrected chi connectivity index (χ4v) is 2.49. The SMILES string of the molecule is O=C(O)c1cccc(C(=O)Oc2cccc(OC(=O)c3cccc(C(=O)O)c3)c2)c1. The van der Waals surface area contributed by atoms with Crippen LogP contribution in [0.25, 0.3) is 0 Å². The Bertz CT molecular complexity index is 1060. The summed E-state index contributed by atoms with van der Waals surface area (Å²) in [5, 5.41) is 18.0. The number of carbonyl (C=O) groups is 4. The van der Waals surface area contributed by atoms with Crippen LogP contribution in [0.5, 0.6) is 11.5 Å². The molecule has 0 aliphatic rings. The van der Waals surface area contributed by atoms with Crippen molar-refractivity contribution in [2.24, 2.45) is 0 Å². The number of carbonyl (C=O) groups excluding carboxylic acids is 2. The summed E-state index contributed by atoms with van der Waals surface area (Å²) in [6.07, 6.45) is 0. The van der Waals surface area contributed by atoms with Crippen LogP contribution < -0.4 is 9.47 Å².